The van der Waals surface area contributed by atoms with Gasteiger partial charge in [-0.15, -0.1) is 0 Å². The van der Waals surface area contributed by atoms with E-state index in [0.29, 0.717) is 13.2 Å². The Morgan fingerprint density at radius 2 is 2.12 bits per heavy atom. The molecule has 0 fully saturated rings. The van der Waals surface area contributed by atoms with Crippen molar-refractivity contribution in [2.24, 2.45) is 5.73 Å². The van der Waals surface area contributed by atoms with E-state index in [1.807, 2.05) is 24.3 Å². The smallest absolute Gasteiger partial charge is 0.0977 e. The Hall–Kier alpha value is -0.420. The Morgan fingerprint density at radius 1 is 1.35 bits per heavy atom. The molecule has 96 valence electrons. The van der Waals surface area contributed by atoms with E-state index in [1.54, 1.807) is 7.11 Å². The van der Waals surface area contributed by atoms with Gasteiger partial charge in [-0.3, -0.25) is 0 Å². The van der Waals surface area contributed by atoms with E-state index in [9.17, 15) is 0 Å². The summed E-state index contributed by atoms with van der Waals surface area (Å²) in [5, 5.41) is 0. The second kappa shape index (κ2) is 7.82. The highest BCUT2D eigenvalue weighted by Gasteiger charge is 2.19. The maximum atomic E-state index is 6.10. The first kappa shape index (κ1) is 14.6. The van der Waals surface area contributed by atoms with Crippen molar-refractivity contribution < 1.29 is 9.47 Å². The SMILES string of the molecule is CCC(N)C(OCCOC)c1cccc(Br)c1. The first-order chi connectivity index (χ1) is 8.19. The first-order valence-electron chi connectivity index (χ1n) is 5.80. The van der Waals surface area contributed by atoms with Gasteiger partial charge in [0, 0.05) is 17.6 Å². The zero-order chi connectivity index (χ0) is 12.7. The molecule has 17 heavy (non-hydrogen) atoms. The average molecular weight is 302 g/mol. The van der Waals surface area contributed by atoms with Crippen molar-refractivity contribution in [2.75, 3.05) is 20.3 Å². The van der Waals surface area contributed by atoms with Crippen LogP contribution in [0.5, 0.6) is 0 Å². The molecule has 0 saturated carbocycles. The van der Waals surface area contributed by atoms with E-state index >= 15 is 0 Å². The lowest BCUT2D eigenvalue weighted by atomic mass is 10.0. The molecule has 0 aliphatic carbocycles. The van der Waals surface area contributed by atoms with E-state index in [0.717, 1.165) is 16.5 Å². The van der Waals surface area contributed by atoms with Crippen molar-refractivity contribution in [1.29, 1.82) is 0 Å². The topological polar surface area (TPSA) is 44.5 Å². The number of rotatable bonds is 7. The Balaban J connectivity index is 2.74. The summed E-state index contributed by atoms with van der Waals surface area (Å²) < 4.78 is 11.8. The predicted octanol–water partition coefficient (Wildman–Crippen LogP) is 2.89. The second-order valence-electron chi connectivity index (χ2n) is 3.91. The molecular formula is C13H20BrNO2. The van der Waals surface area contributed by atoms with Gasteiger partial charge in [0.05, 0.1) is 19.3 Å². The molecule has 0 aromatic heterocycles. The van der Waals surface area contributed by atoms with E-state index in [1.165, 1.54) is 0 Å². The standard InChI is InChI=1S/C13H20BrNO2/c1-3-12(15)13(17-8-7-16-2)10-5-4-6-11(14)9-10/h4-6,9,12-13H,3,7-8,15H2,1-2H3. The van der Waals surface area contributed by atoms with Gasteiger partial charge in [-0.2, -0.15) is 0 Å². The lowest BCUT2D eigenvalue weighted by molar-refractivity contribution is 0.00270. The number of nitrogens with two attached hydrogens (primary N) is 1. The molecular weight excluding hydrogens is 282 g/mol. The number of hydrogen-bond donors (Lipinski definition) is 1. The highest BCUT2D eigenvalue weighted by atomic mass is 79.9. The summed E-state index contributed by atoms with van der Waals surface area (Å²) in [7, 11) is 1.66. The lowest BCUT2D eigenvalue weighted by Gasteiger charge is -2.24. The van der Waals surface area contributed by atoms with Crippen LogP contribution in [0.4, 0.5) is 0 Å². The highest BCUT2D eigenvalue weighted by Crippen LogP contribution is 2.24. The fourth-order valence-corrected chi connectivity index (χ4v) is 2.04. The number of benzene rings is 1. The third-order valence-corrected chi connectivity index (χ3v) is 3.12. The fraction of sp³-hybridized carbons (Fsp3) is 0.538. The van der Waals surface area contributed by atoms with Crippen LogP contribution in [0, 0.1) is 0 Å². The molecule has 3 nitrogen and oxygen atoms in total. The van der Waals surface area contributed by atoms with Gasteiger partial charge in [-0.05, 0) is 24.1 Å². The van der Waals surface area contributed by atoms with E-state index in [4.69, 9.17) is 15.2 Å². The van der Waals surface area contributed by atoms with Crippen LogP contribution in [-0.2, 0) is 9.47 Å². The summed E-state index contributed by atoms with van der Waals surface area (Å²) in [5.74, 6) is 0. The van der Waals surface area contributed by atoms with Crippen LogP contribution in [0.1, 0.15) is 25.0 Å². The Bertz CT molecular complexity index is 333. The number of halogens is 1. The third-order valence-electron chi connectivity index (χ3n) is 2.62. The summed E-state index contributed by atoms with van der Waals surface area (Å²) >= 11 is 3.46. The van der Waals surface area contributed by atoms with Gasteiger partial charge in [-0.1, -0.05) is 35.0 Å². The van der Waals surface area contributed by atoms with Crippen molar-refractivity contribution in [1.82, 2.24) is 0 Å². The van der Waals surface area contributed by atoms with Crippen LogP contribution in [0.2, 0.25) is 0 Å². The van der Waals surface area contributed by atoms with Crippen molar-refractivity contribution in [2.45, 2.75) is 25.5 Å². The van der Waals surface area contributed by atoms with Crippen molar-refractivity contribution in [3.63, 3.8) is 0 Å². The molecule has 2 N–H and O–H groups in total. The molecule has 1 rings (SSSR count). The van der Waals surface area contributed by atoms with Crippen LogP contribution in [0.25, 0.3) is 0 Å². The molecule has 2 atom stereocenters. The molecule has 1 aromatic rings. The first-order valence-corrected chi connectivity index (χ1v) is 6.60. The number of ether oxygens (including phenoxy) is 2. The summed E-state index contributed by atoms with van der Waals surface area (Å²) in [5.41, 5.74) is 7.20. The molecule has 0 aliphatic heterocycles. The van der Waals surface area contributed by atoms with Crippen LogP contribution >= 0.6 is 15.9 Å². The highest BCUT2D eigenvalue weighted by molar-refractivity contribution is 9.10. The zero-order valence-corrected chi connectivity index (χ0v) is 11.9. The summed E-state index contributed by atoms with van der Waals surface area (Å²) in [4.78, 5) is 0. The second-order valence-corrected chi connectivity index (χ2v) is 4.83. The van der Waals surface area contributed by atoms with Gasteiger partial charge < -0.3 is 15.2 Å². The molecule has 2 unspecified atom stereocenters. The minimum atomic E-state index is -0.0763. The molecule has 0 spiro atoms. The van der Waals surface area contributed by atoms with Crippen LogP contribution in [0.3, 0.4) is 0 Å². The molecule has 0 saturated heterocycles. The summed E-state index contributed by atoms with van der Waals surface area (Å²) in [6, 6.07) is 8.08. The van der Waals surface area contributed by atoms with E-state index in [2.05, 4.69) is 22.9 Å². The van der Waals surface area contributed by atoms with Gasteiger partial charge in [0.1, 0.15) is 0 Å². The van der Waals surface area contributed by atoms with Crippen LogP contribution in [-0.4, -0.2) is 26.4 Å². The maximum Gasteiger partial charge on any atom is 0.0977 e. The van der Waals surface area contributed by atoms with Crippen LogP contribution < -0.4 is 5.73 Å². The van der Waals surface area contributed by atoms with Crippen molar-refractivity contribution in [3.8, 4) is 0 Å². The summed E-state index contributed by atoms with van der Waals surface area (Å²) in [6.45, 7) is 3.21. The molecule has 0 heterocycles. The molecule has 0 aliphatic rings. The monoisotopic (exact) mass is 301 g/mol. The van der Waals surface area contributed by atoms with Gasteiger partial charge in [-0.25, -0.2) is 0 Å². The van der Waals surface area contributed by atoms with Crippen molar-refractivity contribution in [3.05, 3.63) is 34.3 Å². The third kappa shape index (κ3) is 4.76. The fourth-order valence-electron chi connectivity index (χ4n) is 1.62. The number of hydrogen-bond acceptors (Lipinski definition) is 3. The molecule has 0 amide bonds. The quantitative estimate of drug-likeness (QED) is 0.788. The van der Waals surface area contributed by atoms with Crippen molar-refractivity contribution >= 4 is 15.9 Å². The zero-order valence-electron chi connectivity index (χ0n) is 10.4. The van der Waals surface area contributed by atoms with Gasteiger partial charge in [0.25, 0.3) is 0 Å². The molecule has 0 radical (unpaired) electrons. The minimum absolute atomic E-state index is 0.00107. The van der Waals surface area contributed by atoms with Gasteiger partial charge in [0.15, 0.2) is 0 Å². The number of methoxy groups -OCH3 is 1. The van der Waals surface area contributed by atoms with Gasteiger partial charge >= 0.3 is 0 Å². The normalized spacial score (nSPS) is 14.6. The minimum Gasteiger partial charge on any atom is -0.382 e. The average Bonchev–Trinajstić information content (AvgIpc) is 2.34. The van der Waals surface area contributed by atoms with E-state index in [-0.39, 0.29) is 12.1 Å². The maximum absolute atomic E-state index is 6.10. The predicted molar refractivity (Wildman–Crippen MR) is 73.0 cm³/mol. The molecule has 1 aromatic carbocycles. The largest absolute Gasteiger partial charge is 0.382 e. The Labute approximate surface area is 111 Å². The molecule has 4 heteroatoms. The summed E-state index contributed by atoms with van der Waals surface area (Å²) in [6.07, 6.45) is 0.803. The lowest BCUT2D eigenvalue weighted by Crippen LogP contribution is -2.30. The van der Waals surface area contributed by atoms with Gasteiger partial charge in [0.2, 0.25) is 0 Å². The van der Waals surface area contributed by atoms with E-state index < -0.39 is 0 Å². The van der Waals surface area contributed by atoms with Crippen LogP contribution in [0.15, 0.2) is 28.7 Å². The Morgan fingerprint density at radius 3 is 2.71 bits per heavy atom. The Kier molecular flexibility index (Phi) is 6.73. The molecule has 0 bridgehead atoms.